The SMILES string of the molecule is CN(Cc1ccccc1Br)c1ccc(Cl)cc1C#N. The van der Waals surface area contributed by atoms with Gasteiger partial charge < -0.3 is 4.90 Å². The molecule has 0 bridgehead atoms. The molecule has 0 N–H and O–H groups in total. The Balaban J connectivity index is 2.28. The first-order valence-electron chi connectivity index (χ1n) is 5.76. The van der Waals surface area contributed by atoms with E-state index in [-0.39, 0.29) is 0 Å². The van der Waals surface area contributed by atoms with Gasteiger partial charge in [-0.2, -0.15) is 5.26 Å². The molecule has 0 heterocycles. The fourth-order valence-electron chi connectivity index (χ4n) is 1.90. The second-order valence-corrected chi connectivity index (χ2v) is 5.51. The predicted octanol–water partition coefficient (Wildman–Crippen LogP) is 4.61. The Morgan fingerprint density at radius 1 is 1.26 bits per heavy atom. The summed E-state index contributed by atoms with van der Waals surface area (Å²) in [5, 5.41) is 9.75. The normalized spacial score (nSPS) is 10.0. The van der Waals surface area contributed by atoms with Gasteiger partial charge in [-0.3, -0.25) is 0 Å². The lowest BCUT2D eigenvalue weighted by Crippen LogP contribution is -2.17. The number of nitrogens with zero attached hydrogens (tertiary/aromatic N) is 2. The Kier molecular flexibility index (Phi) is 4.47. The highest BCUT2D eigenvalue weighted by atomic mass is 79.9. The van der Waals surface area contributed by atoms with Crippen LogP contribution in [0.5, 0.6) is 0 Å². The van der Waals surface area contributed by atoms with Crippen molar-refractivity contribution >= 4 is 33.2 Å². The number of hydrogen-bond acceptors (Lipinski definition) is 2. The van der Waals surface area contributed by atoms with Crippen molar-refractivity contribution in [2.45, 2.75) is 6.54 Å². The van der Waals surface area contributed by atoms with Crippen LogP contribution in [0.1, 0.15) is 11.1 Å². The van der Waals surface area contributed by atoms with Gasteiger partial charge in [0.25, 0.3) is 0 Å². The van der Waals surface area contributed by atoms with Gasteiger partial charge in [0, 0.05) is 23.1 Å². The van der Waals surface area contributed by atoms with Crippen LogP contribution in [0.25, 0.3) is 0 Å². The molecule has 0 aromatic heterocycles. The smallest absolute Gasteiger partial charge is 0.101 e. The van der Waals surface area contributed by atoms with Gasteiger partial charge >= 0.3 is 0 Å². The second-order valence-electron chi connectivity index (χ2n) is 4.22. The maximum absolute atomic E-state index is 9.17. The maximum atomic E-state index is 9.17. The summed E-state index contributed by atoms with van der Waals surface area (Å²) in [4.78, 5) is 2.04. The monoisotopic (exact) mass is 334 g/mol. The largest absolute Gasteiger partial charge is 0.369 e. The van der Waals surface area contributed by atoms with Gasteiger partial charge in [0.2, 0.25) is 0 Å². The van der Waals surface area contributed by atoms with E-state index in [0.717, 1.165) is 16.7 Å². The molecule has 2 nitrogen and oxygen atoms in total. The molecule has 2 rings (SSSR count). The molecule has 2 aromatic carbocycles. The molecule has 0 aliphatic carbocycles. The lowest BCUT2D eigenvalue weighted by Gasteiger charge is -2.21. The highest BCUT2D eigenvalue weighted by Gasteiger charge is 2.09. The fraction of sp³-hybridized carbons (Fsp3) is 0.133. The summed E-state index contributed by atoms with van der Waals surface area (Å²) < 4.78 is 1.06. The minimum absolute atomic E-state index is 0.578. The van der Waals surface area contributed by atoms with E-state index < -0.39 is 0 Å². The minimum Gasteiger partial charge on any atom is -0.369 e. The molecule has 0 aliphatic rings. The number of benzene rings is 2. The van der Waals surface area contributed by atoms with Crippen LogP contribution in [0.2, 0.25) is 5.02 Å². The van der Waals surface area contributed by atoms with E-state index in [1.165, 1.54) is 5.56 Å². The number of hydrogen-bond donors (Lipinski definition) is 0. The third-order valence-electron chi connectivity index (χ3n) is 2.86. The summed E-state index contributed by atoms with van der Waals surface area (Å²) in [7, 11) is 1.96. The van der Waals surface area contributed by atoms with Crippen molar-refractivity contribution < 1.29 is 0 Å². The van der Waals surface area contributed by atoms with E-state index in [4.69, 9.17) is 16.9 Å². The van der Waals surface area contributed by atoms with E-state index in [1.807, 2.05) is 36.2 Å². The molecule has 96 valence electrons. The van der Waals surface area contributed by atoms with Crippen molar-refractivity contribution in [1.82, 2.24) is 0 Å². The first-order valence-corrected chi connectivity index (χ1v) is 6.93. The third-order valence-corrected chi connectivity index (χ3v) is 3.86. The topological polar surface area (TPSA) is 27.0 Å². The van der Waals surface area contributed by atoms with Gasteiger partial charge in [-0.15, -0.1) is 0 Å². The van der Waals surface area contributed by atoms with Crippen LogP contribution in [-0.4, -0.2) is 7.05 Å². The molecule has 4 heteroatoms. The van der Waals surface area contributed by atoms with E-state index in [0.29, 0.717) is 10.6 Å². The van der Waals surface area contributed by atoms with E-state index in [1.54, 1.807) is 12.1 Å². The summed E-state index contributed by atoms with van der Waals surface area (Å²) in [5.74, 6) is 0. The predicted molar refractivity (Wildman–Crippen MR) is 82.4 cm³/mol. The lowest BCUT2D eigenvalue weighted by molar-refractivity contribution is 0.916. The van der Waals surface area contributed by atoms with Gasteiger partial charge in [0.05, 0.1) is 11.3 Å². The van der Waals surface area contributed by atoms with Crippen molar-refractivity contribution in [3.8, 4) is 6.07 Å². The van der Waals surface area contributed by atoms with E-state index in [9.17, 15) is 0 Å². The summed E-state index contributed by atoms with van der Waals surface area (Å²) in [6, 6.07) is 15.6. The lowest BCUT2D eigenvalue weighted by atomic mass is 10.1. The second kappa shape index (κ2) is 6.10. The van der Waals surface area contributed by atoms with Crippen molar-refractivity contribution in [1.29, 1.82) is 5.26 Å². The van der Waals surface area contributed by atoms with Gasteiger partial charge in [-0.05, 0) is 29.8 Å². The maximum Gasteiger partial charge on any atom is 0.101 e. The zero-order chi connectivity index (χ0) is 13.8. The van der Waals surface area contributed by atoms with Gasteiger partial charge in [-0.1, -0.05) is 45.7 Å². The number of rotatable bonds is 3. The standard InChI is InChI=1S/C15H12BrClN2/c1-19(10-11-4-2-3-5-14(11)16)15-7-6-13(17)8-12(15)9-18/h2-8H,10H2,1H3. The van der Waals surface area contributed by atoms with Crippen LogP contribution in [0, 0.1) is 11.3 Å². The number of nitriles is 1. The van der Waals surface area contributed by atoms with Crippen molar-refractivity contribution in [2.75, 3.05) is 11.9 Å². The van der Waals surface area contributed by atoms with Crippen molar-refractivity contribution in [3.63, 3.8) is 0 Å². The Morgan fingerprint density at radius 3 is 2.68 bits per heavy atom. The van der Waals surface area contributed by atoms with Gasteiger partial charge in [0.15, 0.2) is 0 Å². The summed E-state index contributed by atoms with van der Waals surface area (Å²) in [6.45, 7) is 0.720. The van der Waals surface area contributed by atoms with Crippen molar-refractivity contribution in [2.24, 2.45) is 0 Å². The summed E-state index contributed by atoms with van der Waals surface area (Å²) in [6.07, 6.45) is 0. The first-order chi connectivity index (χ1) is 9.11. The number of halogens is 2. The zero-order valence-electron chi connectivity index (χ0n) is 10.4. The molecule has 0 amide bonds. The average Bonchev–Trinajstić information content (AvgIpc) is 2.41. The molecule has 0 radical (unpaired) electrons. The van der Waals surface area contributed by atoms with Crippen LogP contribution >= 0.6 is 27.5 Å². The Labute approximate surface area is 126 Å². The molecule has 0 saturated heterocycles. The third kappa shape index (κ3) is 3.28. The molecule has 0 spiro atoms. The summed E-state index contributed by atoms with van der Waals surface area (Å²) in [5.41, 5.74) is 2.63. The summed E-state index contributed by atoms with van der Waals surface area (Å²) >= 11 is 9.44. The Morgan fingerprint density at radius 2 is 2.00 bits per heavy atom. The van der Waals surface area contributed by atoms with E-state index >= 15 is 0 Å². The van der Waals surface area contributed by atoms with Gasteiger partial charge in [0.1, 0.15) is 6.07 Å². The van der Waals surface area contributed by atoms with E-state index in [2.05, 4.69) is 28.1 Å². The molecule has 2 aromatic rings. The van der Waals surface area contributed by atoms with Crippen LogP contribution in [0.4, 0.5) is 5.69 Å². The molecular formula is C15H12BrClN2. The van der Waals surface area contributed by atoms with Crippen molar-refractivity contribution in [3.05, 3.63) is 63.1 Å². The molecule has 0 unspecified atom stereocenters. The van der Waals surface area contributed by atoms with Gasteiger partial charge in [-0.25, -0.2) is 0 Å². The fourth-order valence-corrected chi connectivity index (χ4v) is 2.48. The first kappa shape index (κ1) is 13.9. The Hall–Kier alpha value is -1.50. The molecule has 0 aliphatic heterocycles. The van der Waals surface area contributed by atoms with Crippen LogP contribution in [0.3, 0.4) is 0 Å². The molecular weight excluding hydrogens is 324 g/mol. The highest BCUT2D eigenvalue weighted by Crippen LogP contribution is 2.25. The molecule has 19 heavy (non-hydrogen) atoms. The Bertz CT molecular complexity index is 634. The average molecular weight is 336 g/mol. The van der Waals surface area contributed by atoms with Crippen LogP contribution in [-0.2, 0) is 6.54 Å². The highest BCUT2D eigenvalue weighted by molar-refractivity contribution is 9.10. The quantitative estimate of drug-likeness (QED) is 0.819. The number of anilines is 1. The van der Waals surface area contributed by atoms with Crippen LogP contribution in [0.15, 0.2) is 46.9 Å². The minimum atomic E-state index is 0.578. The molecule has 0 saturated carbocycles. The van der Waals surface area contributed by atoms with Crippen LogP contribution < -0.4 is 4.90 Å². The zero-order valence-corrected chi connectivity index (χ0v) is 12.7. The molecule has 0 fully saturated rings. The molecule has 0 atom stereocenters.